The molecule has 0 aromatic heterocycles. The number of carbonyl (C=O) groups excluding carboxylic acids is 1. The van der Waals surface area contributed by atoms with Crippen molar-refractivity contribution in [2.75, 3.05) is 38.0 Å². The Bertz CT molecular complexity index is 923. The van der Waals surface area contributed by atoms with Gasteiger partial charge >= 0.3 is 0 Å². The van der Waals surface area contributed by atoms with E-state index in [2.05, 4.69) is 5.32 Å². The number of benzene rings is 2. The molecule has 28 heavy (non-hydrogen) atoms. The molecule has 148 valence electrons. The molecule has 0 radical (unpaired) electrons. The number of amides is 1. The summed E-state index contributed by atoms with van der Waals surface area (Å²) in [5.74, 6) is -0.136. The van der Waals surface area contributed by atoms with E-state index in [0.717, 1.165) is 5.56 Å². The number of rotatable bonds is 6. The first-order valence-corrected chi connectivity index (χ1v) is 10.8. The largest absolute Gasteiger partial charge is 0.325 e. The molecule has 2 aromatic carbocycles. The van der Waals surface area contributed by atoms with Crippen molar-refractivity contribution in [3.05, 3.63) is 70.6 Å². The summed E-state index contributed by atoms with van der Waals surface area (Å²) in [4.78, 5) is 14.1. The van der Waals surface area contributed by atoms with E-state index in [-0.39, 0.29) is 12.5 Å². The zero-order chi connectivity index (χ0) is 20.0. The predicted octanol–water partition coefficient (Wildman–Crippen LogP) is 2.90. The van der Waals surface area contributed by atoms with Crippen LogP contribution in [0.25, 0.3) is 6.08 Å². The molecule has 0 aliphatic carbocycles. The second kappa shape index (κ2) is 9.34. The highest BCUT2D eigenvalue weighted by atomic mass is 35.5. The Morgan fingerprint density at radius 1 is 1.00 bits per heavy atom. The Morgan fingerprint density at radius 3 is 2.29 bits per heavy atom. The fourth-order valence-electron chi connectivity index (χ4n) is 2.89. The van der Waals surface area contributed by atoms with Crippen LogP contribution in [0, 0.1) is 0 Å². The first-order chi connectivity index (χ1) is 13.4. The van der Waals surface area contributed by atoms with Gasteiger partial charge in [-0.05, 0) is 35.9 Å². The average molecular weight is 420 g/mol. The first kappa shape index (κ1) is 20.5. The summed E-state index contributed by atoms with van der Waals surface area (Å²) in [6.45, 7) is 1.95. The maximum absolute atomic E-state index is 12.5. The number of sulfonamides is 1. The van der Waals surface area contributed by atoms with E-state index in [1.54, 1.807) is 30.3 Å². The van der Waals surface area contributed by atoms with Gasteiger partial charge in [0.25, 0.3) is 0 Å². The molecule has 1 heterocycles. The van der Waals surface area contributed by atoms with E-state index >= 15 is 0 Å². The number of carbonyl (C=O) groups is 1. The number of halogens is 1. The van der Waals surface area contributed by atoms with Crippen molar-refractivity contribution in [2.45, 2.75) is 0 Å². The minimum atomic E-state index is -3.47. The summed E-state index contributed by atoms with van der Waals surface area (Å²) in [6.07, 6.45) is 1.60. The van der Waals surface area contributed by atoms with Gasteiger partial charge in [-0.3, -0.25) is 9.69 Å². The van der Waals surface area contributed by atoms with Gasteiger partial charge in [0.2, 0.25) is 15.9 Å². The number of nitrogens with one attached hydrogen (secondary N) is 1. The van der Waals surface area contributed by atoms with E-state index in [9.17, 15) is 13.2 Å². The van der Waals surface area contributed by atoms with Crippen LogP contribution >= 0.6 is 11.6 Å². The topological polar surface area (TPSA) is 69.7 Å². The fourth-order valence-corrected chi connectivity index (χ4v) is 4.19. The van der Waals surface area contributed by atoms with Crippen molar-refractivity contribution in [1.29, 1.82) is 0 Å². The molecule has 0 saturated carbocycles. The van der Waals surface area contributed by atoms with E-state index in [1.165, 1.54) is 9.71 Å². The van der Waals surface area contributed by atoms with Crippen LogP contribution in [0.4, 0.5) is 5.69 Å². The second-order valence-corrected chi connectivity index (χ2v) is 8.74. The number of anilines is 1. The van der Waals surface area contributed by atoms with Crippen molar-refractivity contribution in [3.8, 4) is 0 Å². The van der Waals surface area contributed by atoms with Gasteiger partial charge < -0.3 is 5.32 Å². The van der Waals surface area contributed by atoms with E-state index in [0.29, 0.717) is 36.9 Å². The Morgan fingerprint density at radius 2 is 1.64 bits per heavy atom. The van der Waals surface area contributed by atoms with Gasteiger partial charge in [-0.25, -0.2) is 8.42 Å². The highest BCUT2D eigenvalue weighted by Crippen LogP contribution is 2.14. The minimum absolute atomic E-state index is 0.136. The van der Waals surface area contributed by atoms with Gasteiger partial charge in [0.1, 0.15) is 0 Å². The summed E-state index contributed by atoms with van der Waals surface area (Å²) in [5, 5.41) is 4.66. The molecule has 1 aliphatic heterocycles. The van der Waals surface area contributed by atoms with Crippen molar-refractivity contribution in [1.82, 2.24) is 9.21 Å². The second-order valence-electron chi connectivity index (χ2n) is 6.49. The number of hydrogen-bond donors (Lipinski definition) is 1. The van der Waals surface area contributed by atoms with Crippen LogP contribution in [0.3, 0.4) is 0 Å². The normalized spacial score (nSPS) is 16.3. The lowest BCUT2D eigenvalue weighted by atomic mass is 10.2. The van der Waals surface area contributed by atoms with Crippen molar-refractivity contribution < 1.29 is 13.2 Å². The van der Waals surface area contributed by atoms with Crippen LogP contribution in [0.2, 0.25) is 5.02 Å². The maximum Gasteiger partial charge on any atom is 0.238 e. The summed E-state index contributed by atoms with van der Waals surface area (Å²) in [5.41, 5.74) is 1.52. The van der Waals surface area contributed by atoms with Gasteiger partial charge in [0, 0.05) is 42.3 Å². The van der Waals surface area contributed by atoms with E-state index in [4.69, 9.17) is 11.6 Å². The maximum atomic E-state index is 12.5. The van der Waals surface area contributed by atoms with E-state index < -0.39 is 10.0 Å². The van der Waals surface area contributed by atoms with Crippen LogP contribution in [0.5, 0.6) is 0 Å². The standard InChI is InChI=1S/C20H22ClN3O3S/c21-18-6-8-19(9-7-18)22-20(25)16-23-11-13-24(14-12-23)28(26,27)15-10-17-4-2-1-3-5-17/h1-10,15H,11-14,16H2,(H,22,25). The summed E-state index contributed by atoms with van der Waals surface area (Å²) in [6, 6.07) is 16.2. The Kier molecular flexibility index (Phi) is 6.85. The Labute approximate surface area is 170 Å². The smallest absolute Gasteiger partial charge is 0.238 e. The lowest BCUT2D eigenvalue weighted by Crippen LogP contribution is -2.49. The molecule has 1 aliphatic rings. The van der Waals surface area contributed by atoms with Gasteiger partial charge in [-0.1, -0.05) is 41.9 Å². The van der Waals surface area contributed by atoms with Crippen LogP contribution in [0.15, 0.2) is 60.0 Å². The van der Waals surface area contributed by atoms with Crippen molar-refractivity contribution >= 4 is 39.3 Å². The van der Waals surface area contributed by atoms with Crippen molar-refractivity contribution in [3.63, 3.8) is 0 Å². The summed E-state index contributed by atoms with van der Waals surface area (Å²) < 4.78 is 26.4. The quantitative estimate of drug-likeness (QED) is 0.781. The molecular weight excluding hydrogens is 398 g/mol. The molecule has 0 bridgehead atoms. The fraction of sp³-hybridized carbons (Fsp3) is 0.250. The zero-order valence-corrected chi connectivity index (χ0v) is 16.9. The highest BCUT2D eigenvalue weighted by Gasteiger charge is 2.25. The lowest BCUT2D eigenvalue weighted by molar-refractivity contribution is -0.117. The molecule has 1 N–H and O–H groups in total. The van der Waals surface area contributed by atoms with Crippen LogP contribution in [0.1, 0.15) is 5.56 Å². The number of nitrogens with zero attached hydrogens (tertiary/aromatic N) is 2. The molecule has 1 amide bonds. The minimum Gasteiger partial charge on any atom is -0.325 e. The van der Waals surface area contributed by atoms with Gasteiger partial charge in [-0.2, -0.15) is 4.31 Å². The molecule has 0 spiro atoms. The molecule has 1 fully saturated rings. The van der Waals surface area contributed by atoms with Crippen LogP contribution < -0.4 is 5.32 Å². The van der Waals surface area contributed by atoms with Crippen LogP contribution in [-0.4, -0.2) is 56.3 Å². The number of hydrogen-bond acceptors (Lipinski definition) is 4. The third-order valence-electron chi connectivity index (χ3n) is 4.42. The molecule has 0 atom stereocenters. The third-order valence-corrected chi connectivity index (χ3v) is 6.24. The SMILES string of the molecule is O=C(CN1CCN(S(=O)(=O)C=Cc2ccccc2)CC1)Nc1ccc(Cl)cc1. The highest BCUT2D eigenvalue weighted by molar-refractivity contribution is 7.92. The molecule has 1 saturated heterocycles. The lowest BCUT2D eigenvalue weighted by Gasteiger charge is -2.32. The molecule has 3 rings (SSSR count). The Balaban J connectivity index is 1.49. The molecule has 2 aromatic rings. The van der Waals surface area contributed by atoms with Crippen LogP contribution in [-0.2, 0) is 14.8 Å². The third kappa shape index (κ3) is 5.90. The van der Waals surface area contributed by atoms with E-state index in [1.807, 2.05) is 35.2 Å². The first-order valence-electron chi connectivity index (χ1n) is 8.93. The monoisotopic (exact) mass is 419 g/mol. The summed E-state index contributed by atoms with van der Waals surface area (Å²) >= 11 is 5.83. The average Bonchev–Trinajstić information content (AvgIpc) is 2.69. The van der Waals surface area contributed by atoms with Crippen molar-refractivity contribution in [2.24, 2.45) is 0 Å². The molecular formula is C20H22ClN3O3S. The Hall–Kier alpha value is -2.19. The van der Waals surface area contributed by atoms with Gasteiger partial charge in [-0.15, -0.1) is 0 Å². The van der Waals surface area contributed by atoms with Gasteiger partial charge in [0.05, 0.1) is 6.54 Å². The molecule has 6 nitrogen and oxygen atoms in total. The van der Waals surface area contributed by atoms with Gasteiger partial charge in [0.15, 0.2) is 0 Å². The summed E-state index contributed by atoms with van der Waals surface area (Å²) in [7, 11) is -3.47. The number of piperazine rings is 1. The molecule has 0 unspecified atom stereocenters. The molecule has 8 heteroatoms. The predicted molar refractivity (Wildman–Crippen MR) is 112 cm³/mol. The zero-order valence-electron chi connectivity index (χ0n) is 15.3.